The van der Waals surface area contributed by atoms with Gasteiger partial charge in [0.15, 0.2) is 18.5 Å². The number of hydrogen-bond donors (Lipinski definition) is 2. The predicted molar refractivity (Wildman–Crippen MR) is 80.8 cm³/mol. The fraction of sp³-hybridized carbons (Fsp3) is 0.294. The number of aromatic nitrogens is 1. The Morgan fingerprint density at radius 3 is 2.50 bits per heavy atom. The van der Waals surface area contributed by atoms with Gasteiger partial charge in [-0.3, -0.25) is 0 Å². The van der Waals surface area contributed by atoms with E-state index >= 15 is 0 Å². The standard InChI is InChI=1S/C17H19NO4/c1-12-4-6-14(7-5-12)17(21)22-11-3-9-18-10-8-15(19)16(20)13(18)2/h4-8,10,20H,3,9,11H2,1-2H3/p+1. The van der Waals surface area contributed by atoms with Crippen molar-refractivity contribution in [3.63, 3.8) is 0 Å². The van der Waals surface area contributed by atoms with E-state index in [9.17, 15) is 15.0 Å². The van der Waals surface area contributed by atoms with Gasteiger partial charge in [0.05, 0.1) is 12.2 Å². The monoisotopic (exact) mass is 302 g/mol. The van der Waals surface area contributed by atoms with Crippen LogP contribution in [0.15, 0.2) is 36.5 Å². The van der Waals surface area contributed by atoms with E-state index in [0.717, 1.165) is 5.56 Å². The summed E-state index contributed by atoms with van der Waals surface area (Å²) < 4.78 is 7.02. The molecular weight excluding hydrogens is 282 g/mol. The third kappa shape index (κ3) is 3.75. The number of hydrogen-bond acceptors (Lipinski definition) is 4. The first-order chi connectivity index (χ1) is 10.5. The molecule has 0 atom stereocenters. The van der Waals surface area contributed by atoms with Gasteiger partial charge < -0.3 is 14.9 Å². The maximum atomic E-state index is 11.8. The number of benzene rings is 1. The van der Waals surface area contributed by atoms with Gasteiger partial charge in [-0.15, -0.1) is 0 Å². The minimum absolute atomic E-state index is 0.126. The van der Waals surface area contributed by atoms with Crippen molar-refractivity contribution in [1.29, 1.82) is 0 Å². The lowest BCUT2D eigenvalue weighted by molar-refractivity contribution is -0.703. The summed E-state index contributed by atoms with van der Waals surface area (Å²) >= 11 is 0. The van der Waals surface area contributed by atoms with Crippen LogP contribution in [0.4, 0.5) is 0 Å². The van der Waals surface area contributed by atoms with Crippen LogP contribution in [0.5, 0.6) is 11.5 Å². The topological polar surface area (TPSA) is 70.6 Å². The normalized spacial score (nSPS) is 10.5. The molecule has 0 fully saturated rings. The van der Waals surface area contributed by atoms with Crippen molar-refractivity contribution in [2.24, 2.45) is 0 Å². The van der Waals surface area contributed by atoms with E-state index in [-0.39, 0.29) is 17.5 Å². The zero-order chi connectivity index (χ0) is 16.1. The molecular formula is C17H20NO4+. The molecule has 0 amide bonds. The number of nitrogens with zero attached hydrogens (tertiary/aromatic N) is 1. The van der Waals surface area contributed by atoms with Crippen LogP contribution in [0.3, 0.4) is 0 Å². The van der Waals surface area contributed by atoms with Gasteiger partial charge in [0.2, 0.25) is 11.4 Å². The zero-order valence-electron chi connectivity index (χ0n) is 12.7. The van der Waals surface area contributed by atoms with Crippen molar-refractivity contribution in [2.45, 2.75) is 26.8 Å². The fourth-order valence-electron chi connectivity index (χ4n) is 2.09. The fourth-order valence-corrected chi connectivity index (χ4v) is 2.09. The summed E-state index contributed by atoms with van der Waals surface area (Å²) in [4.78, 5) is 11.8. The van der Waals surface area contributed by atoms with E-state index in [1.54, 1.807) is 29.8 Å². The minimum Gasteiger partial charge on any atom is -0.504 e. The van der Waals surface area contributed by atoms with Crippen molar-refractivity contribution >= 4 is 5.97 Å². The van der Waals surface area contributed by atoms with Gasteiger partial charge in [-0.25, -0.2) is 4.79 Å². The Morgan fingerprint density at radius 1 is 1.14 bits per heavy atom. The molecule has 22 heavy (non-hydrogen) atoms. The van der Waals surface area contributed by atoms with Crippen LogP contribution in [0.25, 0.3) is 0 Å². The summed E-state index contributed by atoms with van der Waals surface area (Å²) in [6, 6.07) is 8.66. The largest absolute Gasteiger partial charge is 0.504 e. The van der Waals surface area contributed by atoms with Crippen molar-refractivity contribution in [1.82, 2.24) is 0 Å². The first-order valence-corrected chi connectivity index (χ1v) is 7.14. The average molecular weight is 302 g/mol. The number of carbonyl (C=O) groups is 1. The van der Waals surface area contributed by atoms with Crippen molar-refractivity contribution in [3.8, 4) is 11.5 Å². The smallest absolute Gasteiger partial charge is 0.338 e. The predicted octanol–water partition coefficient (Wildman–Crippen LogP) is 2.25. The molecule has 0 spiro atoms. The van der Waals surface area contributed by atoms with Crippen molar-refractivity contribution < 1.29 is 24.3 Å². The van der Waals surface area contributed by atoms with Gasteiger partial charge in [-0.05, 0) is 19.1 Å². The third-order valence-electron chi connectivity index (χ3n) is 3.49. The maximum absolute atomic E-state index is 11.8. The van der Waals surface area contributed by atoms with E-state index in [4.69, 9.17) is 4.74 Å². The summed E-state index contributed by atoms with van der Waals surface area (Å²) in [6.45, 7) is 4.55. The average Bonchev–Trinajstić information content (AvgIpc) is 2.51. The molecule has 116 valence electrons. The molecule has 0 aliphatic carbocycles. The van der Waals surface area contributed by atoms with Gasteiger partial charge in [0, 0.05) is 19.4 Å². The molecule has 0 bridgehead atoms. The Balaban J connectivity index is 1.83. The first kappa shape index (κ1) is 15.8. The Morgan fingerprint density at radius 2 is 1.82 bits per heavy atom. The number of carbonyl (C=O) groups excluding carboxylic acids is 1. The SMILES string of the molecule is Cc1ccc(C(=O)OCCC[n+]2ccc(O)c(O)c2C)cc1. The summed E-state index contributed by atoms with van der Waals surface area (Å²) in [6.07, 6.45) is 2.31. The zero-order valence-corrected chi connectivity index (χ0v) is 12.7. The number of ether oxygens (including phenoxy) is 1. The van der Waals surface area contributed by atoms with Gasteiger partial charge in [-0.1, -0.05) is 17.7 Å². The number of esters is 1. The van der Waals surface area contributed by atoms with Crippen molar-refractivity contribution in [3.05, 3.63) is 53.3 Å². The molecule has 5 nitrogen and oxygen atoms in total. The van der Waals surface area contributed by atoms with Crippen molar-refractivity contribution in [2.75, 3.05) is 6.61 Å². The number of rotatable bonds is 5. The second kappa shape index (κ2) is 6.93. The lowest BCUT2D eigenvalue weighted by Crippen LogP contribution is -2.37. The Hall–Kier alpha value is -2.56. The number of aryl methyl sites for hydroxylation is 2. The quantitative estimate of drug-likeness (QED) is 0.505. The molecule has 1 aromatic heterocycles. The van der Waals surface area contributed by atoms with Crippen LogP contribution in [-0.4, -0.2) is 22.8 Å². The molecule has 2 N–H and O–H groups in total. The molecule has 2 rings (SSSR count). The van der Waals surface area contributed by atoms with Gasteiger partial charge in [0.25, 0.3) is 0 Å². The van der Waals surface area contributed by atoms with Gasteiger partial charge in [-0.2, -0.15) is 4.57 Å². The molecule has 0 unspecified atom stereocenters. The summed E-state index contributed by atoms with van der Waals surface area (Å²) in [5, 5.41) is 19.0. The summed E-state index contributed by atoms with van der Waals surface area (Å²) in [5.41, 5.74) is 2.21. The Kier molecular flexibility index (Phi) is 4.99. The van der Waals surface area contributed by atoms with Gasteiger partial charge >= 0.3 is 5.97 Å². The highest BCUT2D eigenvalue weighted by molar-refractivity contribution is 5.89. The van der Waals surface area contributed by atoms with Gasteiger partial charge in [0.1, 0.15) is 0 Å². The molecule has 0 aliphatic rings. The van der Waals surface area contributed by atoms with E-state index in [1.165, 1.54) is 6.07 Å². The van der Waals surface area contributed by atoms with Crippen LogP contribution in [0.2, 0.25) is 0 Å². The third-order valence-corrected chi connectivity index (χ3v) is 3.49. The van der Waals surface area contributed by atoms with E-state index in [1.807, 2.05) is 19.1 Å². The highest BCUT2D eigenvalue weighted by atomic mass is 16.5. The van der Waals surface area contributed by atoms with Crippen LogP contribution in [-0.2, 0) is 11.3 Å². The lowest BCUT2D eigenvalue weighted by Gasteiger charge is -2.06. The van der Waals surface area contributed by atoms with E-state index in [2.05, 4.69) is 0 Å². The Labute approximate surface area is 129 Å². The first-order valence-electron chi connectivity index (χ1n) is 7.14. The summed E-state index contributed by atoms with van der Waals surface area (Å²) in [5.74, 6) is -0.603. The van der Waals surface area contributed by atoms with Crippen LogP contribution in [0.1, 0.15) is 28.0 Å². The highest BCUT2D eigenvalue weighted by Crippen LogP contribution is 2.24. The summed E-state index contributed by atoms with van der Waals surface area (Å²) in [7, 11) is 0. The van der Waals surface area contributed by atoms with Crippen LogP contribution < -0.4 is 4.57 Å². The molecule has 2 aromatic rings. The molecule has 0 radical (unpaired) electrons. The second-order valence-electron chi connectivity index (χ2n) is 5.18. The number of pyridine rings is 1. The van der Waals surface area contributed by atoms with E-state index < -0.39 is 0 Å². The molecule has 1 aromatic carbocycles. The molecule has 0 saturated heterocycles. The molecule has 1 heterocycles. The molecule has 5 heteroatoms. The Bertz CT molecular complexity index is 665. The second-order valence-corrected chi connectivity index (χ2v) is 5.18. The van der Waals surface area contributed by atoms with E-state index in [0.29, 0.717) is 30.8 Å². The number of aromatic hydroxyl groups is 2. The van der Waals surface area contributed by atoms with Crippen LogP contribution >= 0.6 is 0 Å². The lowest BCUT2D eigenvalue weighted by atomic mass is 10.1. The minimum atomic E-state index is -0.338. The highest BCUT2D eigenvalue weighted by Gasteiger charge is 2.15. The van der Waals surface area contributed by atoms with Crippen LogP contribution in [0, 0.1) is 13.8 Å². The molecule has 0 saturated carbocycles. The maximum Gasteiger partial charge on any atom is 0.338 e. The molecule has 0 aliphatic heterocycles.